The summed E-state index contributed by atoms with van der Waals surface area (Å²) >= 11 is 0. The van der Waals surface area contributed by atoms with Crippen molar-refractivity contribution in [2.45, 2.75) is 20.3 Å². The van der Waals surface area contributed by atoms with Crippen LogP contribution in [0.1, 0.15) is 16.7 Å². The second-order valence-corrected chi connectivity index (χ2v) is 7.02. The first kappa shape index (κ1) is 17.6. The zero-order chi connectivity index (χ0) is 18.8. The van der Waals surface area contributed by atoms with E-state index in [0.29, 0.717) is 6.42 Å². The summed E-state index contributed by atoms with van der Waals surface area (Å²) in [5, 5.41) is 3.99. The van der Waals surface area contributed by atoms with Crippen LogP contribution in [-0.2, 0) is 16.0 Å². The molecule has 1 aliphatic rings. The summed E-state index contributed by atoms with van der Waals surface area (Å²) in [5.41, 5.74) is 6.05. The SMILES string of the molecule is Cc1ccc2c(CC(=O)Nc3ccc(N4CCOCC4)cc3)coc2c1C. The molecule has 0 saturated carbocycles. The van der Waals surface area contributed by atoms with Crippen LogP contribution >= 0.6 is 0 Å². The molecule has 4 rings (SSSR count). The molecule has 3 aromatic rings. The molecule has 1 N–H and O–H groups in total. The molecule has 0 radical (unpaired) electrons. The van der Waals surface area contributed by atoms with E-state index in [4.69, 9.17) is 9.15 Å². The fourth-order valence-corrected chi connectivity index (χ4v) is 3.48. The number of amides is 1. The Morgan fingerprint density at radius 2 is 1.81 bits per heavy atom. The molecule has 1 aliphatic heterocycles. The number of rotatable bonds is 4. The number of carbonyl (C=O) groups is 1. The van der Waals surface area contributed by atoms with Gasteiger partial charge in [-0.1, -0.05) is 12.1 Å². The average molecular weight is 364 g/mol. The molecule has 0 aliphatic carbocycles. The van der Waals surface area contributed by atoms with Crippen molar-refractivity contribution in [2.75, 3.05) is 36.5 Å². The van der Waals surface area contributed by atoms with Gasteiger partial charge in [0.1, 0.15) is 5.58 Å². The minimum Gasteiger partial charge on any atom is -0.464 e. The Labute approximate surface area is 158 Å². The van der Waals surface area contributed by atoms with Gasteiger partial charge >= 0.3 is 0 Å². The molecule has 5 heteroatoms. The molecule has 1 aromatic heterocycles. The highest BCUT2D eigenvalue weighted by atomic mass is 16.5. The fraction of sp³-hybridized carbons (Fsp3) is 0.318. The Bertz CT molecular complexity index is 954. The number of furan rings is 1. The van der Waals surface area contributed by atoms with Gasteiger partial charge in [-0.2, -0.15) is 0 Å². The number of hydrogen-bond acceptors (Lipinski definition) is 4. The van der Waals surface area contributed by atoms with Gasteiger partial charge in [0.05, 0.1) is 25.9 Å². The zero-order valence-corrected chi connectivity index (χ0v) is 15.7. The number of carbonyl (C=O) groups excluding carboxylic acids is 1. The van der Waals surface area contributed by atoms with Crippen molar-refractivity contribution in [3.05, 3.63) is 59.4 Å². The van der Waals surface area contributed by atoms with Gasteiger partial charge in [0.2, 0.25) is 5.91 Å². The van der Waals surface area contributed by atoms with Crippen LogP contribution in [0.15, 0.2) is 47.1 Å². The molecule has 140 valence electrons. The van der Waals surface area contributed by atoms with Crippen LogP contribution < -0.4 is 10.2 Å². The van der Waals surface area contributed by atoms with E-state index in [9.17, 15) is 4.79 Å². The second-order valence-electron chi connectivity index (χ2n) is 7.02. The van der Waals surface area contributed by atoms with Crippen LogP contribution in [0.4, 0.5) is 11.4 Å². The van der Waals surface area contributed by atoms with E-state index < -0.39 is 0 Å². The zero-order valence-electron chi connectivity index (χ0n) is 15.7. The van der Waals surface area contributed by atoms with Gasteiger partial charge in [-0.3, -0.25) is 4.79 Å². The van der Waals surface area contributed by atoms with E-state index in [0.717, 1.165) is 59.8 Å². The highest BCUT2D eigenvalue weighted by Crippen LogP contribution is 2.27. The lowest BCUT2D eigenvalue weighted by molar-refractivity contribution is -0.115. The lowest BCUT2D eigenvalue weighted by Crippen LogP contribution is -2.36. The quantitative estimate of drug-likeness (QED) is 0.758. The normalized spacial score (nSPS) is 14.5. The number of ether oxygens (including phenoxy) is 1. The third kappa shape index (κ3) is 3.69. The first-order chi connectivity index (χ1) is 13.1. The summed E-state index contributed by atoms with van der Waals surface area (Å²) in [4.78, 5) is 14.8. The van der Waals surface area contributed by atoms with E-state index in [1.54, 1.807) is 6.26 Å². The van der Waals surface area contributed by atoms with Crippen molar-refractivity contribution < 1.29 is 13.9 Å². The fourth-order valence-electron chi connectivity index (χ4n) is 3.48. The van der Waals surface area contributed by atoms with Crippen molar-refractivity contribution in [1.29, 1.82) is 0 Å². The van der Waals surface area contributed by atoms with Gasteiger partial charge in [0.15, 0.2) is 0 Å². The minimum absolute atomic E-state index is 0.0462. The van der Waals surface area contributed by atoms with Crippen molar-refractivity contribution >= 4 is 28.3 Å². The Hall–Kier alpha value is -2.79. The van der Waals surface area contributed by atoms with Crippen LogP contribution in [-0.4, -0.2) is 32.2 Å². The molecule has 2 heterocycles. The van der Waals surface area contributed by atoms with Gasteiger partial charge in [-0.15, -0.1) is 0 Å². The number of morpholine rings is 1. The molecule has 5 nitrogen and oxygen atoms in total. The maximum absolute atomic E-state index is 12.5. The largest absolute Gasteiger partial charge is 0.464 e. The highest BCUT2D eigenvalue weighted by Gasteiger charge is 2.14. The summed E-state index contributed by atoms with van der Waals surface area (Å²) in [6.45, 7) is 7.42. The first-order valence-corrected chi connectivity index (χ1v) is 9.31. The molecule has 2 aromatic carbocycles. The van der Waals surface area contributed by atoms with Crippen molar-refractivity contribution in [3.8, 4) is 0 Å². The maximum Gasteiger partial charge on any atom is 0.228 e. The molecular weight excluding hydrogens is 340 g/mol. The van der Waals surface area contributed by atoms with Gasteiger partial charge in [0, 0.05) is 35.4 Å². The van der Waals surface area contributed by atoms with Crippen molar-refractivity contribution in [1.82, 2.24) is 0 Å². The Kier molecular flexibility index (Phi) is 4.86. The van der Waals surface area contributed by atoms with E-state index >= 15 is 0 Å². The number of benzene rings is 2. The number of aryl methyl sites for hydroxylation is 2. The highest BCUT2D eigenvalue weighted by molar-refractivity contribution is 5.96. The average Bonchev–Trinajstić information content (AvgIpc) is 3.09. The summed E-state index contributed by atoms with van der Waals surface area (Å²) < 4.78 is 11.1. The van der Waals surface area contributed by atoms with Gasteiger partial charge < -0.3 is 19.4 Å². The summed E-state index contributed by atoms with van der Waals surface area (Å²) in [7, 11) is 0. The van der Waals surface area contributed by atoms with E-state index in [1.807, 2.05) is 37.3 Å². The smallest absolute Gasteiger partial charge is 0.228 e. The molecule has 1 fully saturated rings. The monoisotopic (exact) mass is 364 g/mol. The molecule has 0 spiro atoms. The van der Waals surface area contributed by atoms with Gasteiger partial charge in [-0.25, -0.2) is 0 Å². The Morgan fingerprint density at radius 3 is 2.56 bits per heavy atom. The molecule has 1 amide bonds. The molecule has 27 heavy (non-hydrogen) atoms. The topological polar surface area (TPSA) is 54.7 Å². The summed E-state index contributed by atoms with van der Waals surface area (Å²) in [5.74, 6) is -0.0462. The lowest BCUT2D eigenvalue weighted by atomic mass is 10.0. The lowest BCUT2D eigenvalue weighted by Gasteiger charge is -2.28. The molecule has 1 saturated heterocycles. The first-order valence-electron chi connectivity index (χ1n) is 9.31. The third-order valence-electron chi connectivity index (χ3n) is 5.22. The summed E-state index contributed by atoms with van der Waals surface area (Å²) in [6, 6.07) is 12.1. The number of anilines is 2. The van der Waals surface area contributed by atoms with Gasteiger partial charge in [0.25, 0.3) is 0 Å². The predicted octanol–water partition coefficient (Wildman–Crippen LogP) is 4.07. The van der Waals surface area contributed by atoms with Crippen LogP contribution in [0.3, 0.4) is 0 Å². The van der Waals surface area contributed by atoms with Crippen LogP contribution in [0.5, 0.6) is 0 Å². The second kappa shape index (κ2) is 7.45. The minimum atomic E-state index is -0.0462. The van der Waals surface area contributed by atoms with E-state index in [2.05, 4.69) is 23.2 Å². The third-order valence-corrected chi connectivity index (χ3v) is 5.22. The number of hydrogen-bond donors (Lipinski definition) is 1. The maximum atomic E-state index is 12.5. The van der Waals surface area contributed by atoms with Crippen LogP contribution in [0.25, 0.3) is 11.0 Å². The standard InChI is InChI=1S/C22H24N2O3/c1-15-3-8-20-17(14-27-22(20)16(15)2)13-21(25)23-18-4-6-19(7-5-18)24-9-11-26-12-10-24/h3-8,14H,9-13H2,1-2H3,(H,23,25). The number of nitrogens with one attached hydrogen (secondary N) is 1. The van der Waals surface area contributed by atoms with Crippen LogP contribution in [0.2, 0.25) is 0 Å². The van der Waals surface area contributed by atoms with Crippen LogP contribution in [0, 0.1) is 13.8 Å². The molecule has 0 bridgehead atoms. The Balaban J connectivity index is 1.43. The van der Waals surface area contributed by atoms with Gasteiger partial charge in [-0.05, 0) is 49.2 Å². The predicted molar refractivity (Wildman–Crippen MR) is 107 cm³/mol. The summed E-state index contributed by atoms with van der Waals surface area (Å²) in [6.07, 6.45) is 1.99. The number of fused-ring (bicyclic) bond motifs is 1. The van der Waals surface area contributed by atoms with E-state index in [1.165, 1.54) is 5.56 Å². The van der Waals surface area contributed by atoms with E-state index in [-0.39, 0.29) is 5.91 Å². The molecule has 0 unspecified atom stereocenters. The number of nitrogens with zero attached hydrogens (tertiary/aromatic N) is 1. The molecule has 0 atom stereocenters. The molecular formula is C22H24N2O3. The van der Waals surface area contributed by atoms with Crippen molar-refractivity contribution in [2.24, 2.45) is 0 Å². The Morgan fingerprint density at radius 1 is 1.07 bits per heavy atom. The van der Waals surface area contributed by atoms with Crippen molar-refractivity contribution in [3.63, 3.8) is 0 Å².